The summed E-state index contributed by atoms with van der Waals surface area (Å²) in [6.45, 7) is 0.165. The number of benzene rings is 2. The number of rotatable bonds is 8. The van der Waals surface area contributed by atoms with E-state index < -0.39 is 0 Å². The van der Waals surface area contributed by atoms with Gasteiger partial charge in [-0.3, -0.25) is 0 Å². The molecule has 1 fully saturated rings. The Morgan fingerprint density at radius 2 is 1.62 bits per heavy atom. The number of nitrogens with zero attached hydrogens (tertiary/aromatic N) is 2. The number of hydrogen-bond acceptors (Lipinski definition) is 7. The van der Waals surface area contributed by atoms with Crippen LogP contribution in [0.1, 0.15) is 49.5 Å². The highest BCUT2D eigenvalue weighted by molar-refractivity contribution is 6.30. The van der Waals surface area contributed by atoms with Gasteiger partial charge in [0.1, 0.15) is 5.75 Å². The van der Waals surface area contributed by atoms with E-state index in [2.05, 4.69) is 10.2 Å². The smallest absolute Gasteiger partial charge is 0.254 e. The van der Waals surface area contributed by atoms with Crippen LogP contribution in [0.4, 0.5) is 0 Å². The second-order valence-corrected chi connectivity index (χ2v) is 8.16. The molecule has 170 valence electrons. The van der Waals surface area contributed by atoms with Crippen LogP contribution in [0.2, 0.25) is 5.02 Å². The van der Waals surface area contributed by atoms with Crippen molar-refractivity contribution in [3.8, 4) is 34.5 Å². The Hall–Kier alpha value is -2.93. The van der Waals surface area contributed by atoms with E-state index in [0.717, 1.165) is 29.2 Å². The molecular formula is C24H27ClN2O5. The fourth-order valence-corrected chi connectivity index (χ4v) is 4.34. The largest absolute Gasteiger partial charge is 0.493 e. The molecule has 8 heteroatoms. The molecule has 2 aromatic carbocycles. The molecule has 1 heterocycles. The molecule has 1 aliphatic carbocycles. The first-order chi connectivity index (χ1) is 15.6. The van der Waals surface area contributed by atoms with E-state index >= 15 is 0 Å². The summed E-state index contributed by atoms with van der Waals surface area (Å²) in [5.74, 6) is 3.51. The van der Waals surface area contributed by atoms with Crippen LogP contribution in [-0.4, -0.2) is 31.5 Å². The Bertz CT molecular complexity index is 1040. The molecule has 0 spiro atoms. The van der Waals surface area contributed by atoms with Gasteiger partial charge in [0.2, 0.25) is 11.6 Å². The first-order valence-corrected chi connectivity index (χ1v) is 11.1. The number of hydrogen-bond donors (Lipinski definition) is 0. The second-order valence-electron chi connectivity index (χ2n) is 7.72. The summed E-state index contributed by atoms with van der Waals surface area (Å²) in [6, 6.07) is 9.31. The Labute approximate surface area is 192 Å². The van der Waals surface area contributed by atoms with E-state index in [1.54, 1.807) is 33.5 Å². The molecule has 0 bridgehead atoms. The minimum absolute atomic E-state index is 0.165. The average molecular weight is 459 g/mol. The van der Waals surface area contributed by atoms with Gasteiger partial charge in [-0.25, -0.2) is 0 Å². The van der Waals surface area contributed by atoms with Crippen molar-refractivity contribution < 1.29 is 23.4 Å². The number of ether oxygens (including phenoxy) is 4. The van der Waals surface area contributed by atoms with Gasteiger partial charge >= 0.3 is 0 Å². The zero-order valence-electron chi connectivity index (χ0n) is 18.5. The van der Waals surface area contributed by atoms with Gasteiger partial charge in [-0.1, -0.05) is 30.9 Å². The van der Waals surface area contributed by atoms with E-state index in [-0.39, 0.29) is 6.61 Å². The molecule has 4 rings (SSSR count). The lowest BCUT2D eigenvalue weighted by molar-refractivity contribution is 0.258. The number of aromatic nitrogens is 2. The minimum Gasteiger partial charge on any atom is -0.493 e. The molecule has 32 heavy (non-hydrogen) atoms. The van der Waals surface area contributed by atoms with Crippen LogP contribution < -0.4 is 18.9 Å². The molecule has 0 unspecified atom stereocenters. The molecule has 0 aliphatic heterocycles. The molecule has 0 radical (unpaired) electrons. The quantitative estimate of drug-likeness (QED) is 0.407. The highest BCUT2D eigenvalue weighted by atomic mass is 35.5. The summed E-state index contributed by atoms with van der Waals surface area (Å²) in [5.41, 5.74) is 1.81. The number of methoxy groups -OCH3 is 3. The fraction of sp³-hybridized carbons (Fsp3) is 0.417. The van der Waals surface area contributed by atoms with Crippen molar-refractivity contribution in [3.63, 3.8) is 0 Å². The van der Waals surface area contributed by atoms with Crippen LogP contribution in [-0.2, 0) is 6.61 Å². The third kappa shape index (κ3) is 4.78. The topological polar surface area (TPSA) is 75.8 Å². The highest BCUT2D eigenvalue weighted by Gasteiger charge is 2.21. The van der Waals surface area contributed by atoms with Crippen molar-refractivity contribution in [2.75, 3.05) is 21.3 Å². The Balaban J connectivity index is 1.53. The van der Waals surface area contributed by atoms with Gasteiger partial charge in [0.15, 0.2) is 18.1 Å². The lowest BCUT2D eigenvalue weighted by atomic mass is 9.84. The summed E-state index contributed by atoms with van der Waals surface area (Å²) in [7, 11) is 4.68. The maximum atomic E-state index is 6.27. The fourth-order valence-electron chi connectivity index (χ4n) is 4.16. The molecule has 3 aromatic rings. The van der Waals surface area contributed by atoms with Gasteiger partial charge in [-0.05, 0) is 54.7 Å². The molecule has 1 aromatic heterocycles. The zero-order chi connectivity index (χ0) is 22.5. The van der Waals surface area contributed by atoms with Gasteiger partial charge in [-0.2, -0.15) is 0 Å². The summed E-state index contributed by atoms with van der Waals surface area (Å²) < 4.78 is 28.1. The summed E-state index contributed by atoms with van der Waals surface area (Å²) in [5, 5.41) is 9.02. The van der Waals surface area contributed by atoms with Gasteiger partial charge in [0.25, 0.3) is 5.89 Å². The van der Waals surface area contributed by atoms with Crippen LogP contribution in [0.5, 0.6) is 23.0 Å². The number of halogens is 1. The van der Waals surface area contributed by atoms with Gasteiger partial charge in [-0.15, -0.1) is 10.2 Å². The van der Waals surface area contributed by atoms with E-state index in [1.807, 2.05) is 18.2 Å². The molecule has 0 atom stereocenters. The first-order valence-electron chi connectivity index (χ1n) is 10.7. The van der Waals surface area contributed by atoms with Crippen molar-refractivity contribution in [2.24, 2.45) is 0 Å². The molecular weight excluding hydrogens is 432 g/mol. The summed E-state index contributed by atoms with van der Waals surface area (Å²) in [4.78, 5) is 0. The Morgan fingerprint density at radius 1 is 0.906 bits per heavy atom. The van der Waals surface area contributed by atoms with Crippen molar-refractivity contribution in [2.45, 2.75) is 44.6 Å². The third-order valence-corrected chi connectivity index (χ3v) is 5.98. The lowest BCUT2D eigenvalue weighted by Crippen LogP contribution is -2.07. The van der Waals surface area contributed by atoms with Crippen LogP contribution >= 0.6 is 11.6 Å². The van der Waals surface area contributed by atoms with E-state index in [0.29, 0.717) is 40.5 Å². The maximum absolute atomic E-state index is 6.27. The minimum atomic E-state index is 0.165. The average Bonchev–Trinajstić information content (AvgIpc) is 3.32. The summed E-state index contributed by atoms with van der Waals surface area (Å²) >= 11 is 6.27. The molecule has 1 aliphatic rings. The highest BCUT2D eigenvalue weighted by Crippen LogP contribution is 2.41. The normalized spacial score (nSPS) is 14.2. The maximum Gasteiger partial charge on any atom is 0.254 e. The first kappa shape index (κ1) is 22.3. The second kappa shape index (κ2) is 10.1. The molecule has 0 N–H and O–H groups in total. The van der Waals surface area contributed by atoms with Crippen molar-refractivity contribution >= 4 is 11.6 Å². The van der Waals surface area contributed by atoms with Crippen molar-refractivity contribution in [1.29, 1.82) is 0 Å². The SMILES string of the molecule is COc1cc(-c2nnc(COc3ccc(Cl)cc3C3CCCCC3)o2)cc(OC)c1OC. The van der Waals surface area contributed by atoms with Crippen LogP contribution in [0, 0.1) is 0 Å². The summed E-state index contributed by atoms with van der Waals surface area (Å²) in [6.07, 6.45) is 6.07. The van der Waals surface area contributed by atoms with Crippen molar-refractivity contribution in [3.05, 3.63) is 46.8 Å². The standard InChI is InChI=1S/C24H27ClN2O5/c1-28-20-11-16(12-21(29-2)23(20)30-3)24-27-26-22(32-24)14-31-19-10-9-17(25)13-18(19)15-7-5-4-6-8-15/h9-13,15H,4-8,14H2,1-3H3. The van der Waals surface area contributed by atoms with Gasteiger partial charge in [0, 0.05) is 10.6 Å². The van der Waals surface area contributed by atoms with E-state index in [9.17, 15) is 0 Å². The van der Waals surface area contributed by atoms with Crippen LogP contribution in [0.25, 0.3) is 11.5 Å². The van der Waals surface area contributed by atoms with Crippen LogP contribution in [0.15, 0.2) is 34.7 Å². The molecule has 1 saturated carbocycles. The van der Waals surface area contributed by atoms with E-state index in [4.69, 9.17) is 35.0 Å². The van der Waals surface area contributed by atoms with Crippen molar-refractivity contribution in [1.82, 2.24) is 10.2 Å². The van der Waals surface area contributed by atoms with Gasteiger partial charge < -0.3 is 23.4 Å². The molecule has 7 nitrogen and oxygen atoms in total. The predicted octanol–water partition coefficient (Wildman–Crippen LogP) is 6.04. The predicted molar refractivity (Wildman–Crippen MR) is 121 cm³/mol. The van der Waals surface area contributed by atoms with Crippen LogP contribution in [0.3, 0.4) is 0 Å². The van der Waals surface area contributed by atoms with E-state index in [1.165, 1.54) is 19.3 Å². The molecule has 0 amide bonds. The van der Waals surface area contributed by atoms with Gasteiger partial charge in [0.05, 0.1) is 21.3 Å². The Kier molecular flexibility index (Phi) is 7.05. The Morgan fingerprint density at radius 3 is 2.28 bits per heavy atom. The monoisotopic (exact) mass is 458 g/mol. The lowest BCUT2D eigenvalue weighted by Gasteiger charge is -2.24. The third-order valence-electron chi connectivity index (χ3n) is 5.75. The molecule has 0 saturated heterocycles. The zero-order valence-corrected chi connectivity index (χ0v) is 19.3.